The smallest absolute Gasteiger partial charge is 0.251 e. The Labute approximate surface area is 264 Å². The molecule has 3 heterocycles. The molecule has 0 saturated carbocycles. The van der Waals surface area contributed by atoms with Gasteiger partial charge in [0.1, 0.15) is 23.7 Å². The minimum Gasteiger partial charge on any atom is -0.444 e. The van der Waals surface area contributed by atoms with E-state index >= 15 is 0 Å². The molecular weight excluding hydrogens is 596 g/mol. The van der Waals surface area contributed by atoms with Gasteiger partial charge in [-0.2, -0.15) is 0 Å². The summed E-state index contributed by atoms with van der Waals surface area (Å²) < 4.78 is 33.9. The first-order valence-electron chi connectivity index (χ1n) is 15.2. The van der Waals surface area contributed by atoms with Gasteiger partial charge >= 0.3 is 0 Å². The Bertz CT molecular complexity index is 1720. The number of aliphatic hydroxyl groups excluding tert-OH is 1. The van der Waals surface area contributed by atoms with E-state index in [4.69, 9.17) is 4.42 Å². The maximum absolute atomic E-state index is 14.1. The van der Waals surface area contributed by atoms with Crippen LogP contribution in [0.3, 0.4) is 0 Å². The fourth-order valence-corrected chi connectivity index (χ4v) is 6.89. The Hall–Kier alpha value is -4.22. The number of hydrogen-bond acceptors (Lipinski definition) is 7. The predicted molar refractivity (Wildman–Crippen MR) is 172 cm³/mol. The molecule has 5 aromatic rings. The third-order valence-corrected chi connectivity index (χ3v) is 9.10. The number of rotatable bonds is 12. The van der Waals surface area contributed by atoms with E-state index in [0.717, 1.165) is 64.9 Å². The Balaban J connectivity index is 1.29. The van der Waals surface area contributed by atoms with Crippen LogP contribution in [0.25, 0.3) is 22.5 Å². The molecule has 0 saturated heterocycles. The lowest BCUT2D eigenvalue weighted by Gasteiger charge is -2.32. The van der Waals surface area contributed by atoms with Crippen molar-refractivity contribution in [1.82, 2.24) is 20.3 Å². The number of nitrogens with one attached hydrogen (secondary N) is 2. The van der Waals surface area contributed by atoms with Crippen molar-refractivity contribution in [1.29, 1.82) is 0 Å². The predicted octanol–water partition coefficient (Wildman–Crippen LogP) is 6.54. The Morgan fingerprint density at radius 1 is 1.18 bits per heavy atom. The third kappa shape index (κ3) is 7.20. The quantitative estimate of drug-likeness (QED) is 0.144. The molecule has 1 amide bonds. The van der Waals surface area contributed by atoms with Gasteiger partial charge in [-0.3, -0.25) is 4.79 Å². The molecule has 8 nitrogen and oxygen atoms in total. The Kier molecular flexibility index (Phi) is 9.46. The number of benzene rings is 3. The second kappa shape index (κ2) is 13.8. The molecule has 2 unspecified atom stereocenters. The van der Waals surface area contributed by atoms with Crippen molar-refractivity contribution in [3.05, 3.63) is 95.6 Å². The van der Waals surface area contributed by atoms with Gasteiger partial charge in [-0.15, -0.1) is 11.8 Å². The number of carbonyl (C=O) groups excluding carboxylic acids is 1. The van der Waals surface area contributed by atoms with Crippen molar-refractivity contribution in [3.63, 3.8) is 0 Å². The first-order chi connectivity index (χ1) is 21.9. The van der Waals surface area contributed by atoms with E-state index in [1.54, 1.807) is 24.0 Å². The van der Waals surface area contributed by atoms with E-state index in [1.807, 2.05) is 30.3 Å². The van der Waals surface area contributed by atoms with E-state index in [0.29, 0.717) is 29.3 Å². The number of aryl methyl sites for hydroxylation is 1. The van der Waals surface area contributed by atoms with Gasteiger partial charge in [0.05, 0.1) is 40.6 Å². The summed E-state index contributed by atoms with van der Waals surface area (Å²) in [5, 5.41) is 14.4. The maximum atomic E-state index is 14.1. The fourth-order valence-electron chi connectivity index (χ4n) is 5.73. The number of para-hydroxylation sites is 2. The lowest BCUT2D eigenvalue weighted by molar-refractivity contribution is 0.0814. The topological polar surface area (TPSA) is 107 Å². The normalized spacial score (nSPS) is 14.4. The molecule has 0 bridgehead atoms. The molecule has 2 atom stereocenters. The average molecular weight is 632 g/mol. The molecule has 234 valence electrons. The van der Waals surface area contributed by atoms with E-state index < -0.39 is 29.7 Å². The minimum atomic E-state index is -1.03. The van der Waals surface area contributed by atoms with Crippen molar-refractivity contribution in [2.45, 2.75) is 56.1 Å². The molecule has 1 aliphatic heterocycles. The van der Waals surface area contributed by atoms with Crippen molar-refractivity contribution in [3.8, 4) is 11.5 Å². The number of fused-ring (bicyclic) bond motifs is 2. The van der Waals surface area contributed by atoms with Crippen LogP contribution in [-0.4, -0.2) is 57.0 Å². The van der Waals surface area contributed by atoms with Gasteiger partial charge in [-0.05, 0) is 61.2 Å². The molecule has 0 fully saturated rings. The largest absolute Gasteiger partial charge is 0.444 e. The van der Waals surface area contributed by atoms with Gasteiger partial charge in [0.15, 0.2) is 0 Å². The average Bonchev–Trinajstić information content (AvgIpc) is 3.71. The number of amides is 1. The Morgan fingerprint density at radius 3 is 2.76 bits per heavy atom. The standard InChI is InChI=1S/C34H35F2N5O3S/c1-2-3-11-41-12-14-45-32-25(34-37-10-13-44-34)18-22(19-29(32)41)33(43)40-28(17-21-15-23(35)20-24(36)16-21)30(42)8-9-31-38-26-6-4-5-7-27(26)39-31/h4-7,10,13,15-16,18-20,28,30,42H,2-3,8-9,11-12,14,17H2,1H3,(H,38,39)(H,40,43). The molecule has 0 aliphatic carbocycles. The number of carbonyl (C=O) groups is 1. The molecule has 2 aromatic heterocycles. The van der Waals surface area contributed by atoms with Crippen molar-refractivity contribution < 1.29 is 23.1 Å². The number of imidazole rings is 1. The van der Waals surface area contributed by atoms with Crippen LogP contribution in [0.15, 0.2) is 76.4 Å². The summed E-state index contributed by atoms with van der Waals surface area (Å²) in [5.74, 6) is 0.167. The number of thioether (sulfide) groups is 1. The third-order valence-electron chi connectivity index (χ3n) is 8.00. The van der Waals surface area contributed by atoms with Crippen LogP contribution in [0, 0.1) is 11.6 Å². The zero-order valence-corrected chi connectivity index (χ0v) is 25.7. The van der Waals surface area contributed by atoms with Crippen molar-refractivity contribution in [2.24, 2.45) is 0 Å². The van der Waals surface area contributed by atoms with Crippen LogP contribution in [0.2, 0.25) is 0 Å². The highest BCUT2D eigenvalue weighted by Crippen LogP contribution is 2.42. The highest BCUT2D eigenvalue weighted by Gasteiger charge is 2.28. The zero-order chi connectivity index (χ0) is 31.3. The monoisotopic (exact) mass is 631 g/mol. The number of oxazole rings is 1. The van der Waals surface area contributed by atoms with Gasteiger partial charge in [0, 0.05) is 41.8 Å². The minimum absolute atomic E-state index is 0.0255. The summed E-state index contributed by atoms with van der Waals surface area (Å²) >= 11 is 1.71. The highest BCUT2D eigenvalue weighted by atomic mass is 32.2. The summed E-state index contributed by atoms with van der Waals surface area (Å²) in [6.45, 7) is 3.85. The first-order valence-corrected chi connectivity index (χ1v) is 16.2. The van der Waals surface area contributed by atoms with Gasteiger partial charge in [-0.1, -0.05) is 25.5 Å². The highest BCUT2D eigenvalue weighted by molar-refractivity contribution is 7.99. The SMILES string of the molecule is CCCCN1CCSc2c(-c3ncco3)cc(C(=O)NC(Cc3cc(F)cc(F)c3)C(O)CCc3nc4ccccc4[nH]3)cc21. The molecule has 11 heteroatoms. The number of hydrogen-bond donors (Lipinski definition) is 3. The van der Waals surface area contributed by atoms with Gasteiger partial charge < -0.3 is 24.7 Å². The first kappa shape index (κ1) is 30.8. The van der Waals surface area contributed by atoms with Gasteiger partial charge in [-0.25, -0.2) is 18.7 Å². The van der Waals surface area contributed by atoms with Crippen LogP contribution < -0.4 is 10.2 Å². The zero-order valence-electron chi connectivity index (χ0n) is 24.9. The van der Waals surface area contributed by atoms with Crippen molar-refractivity contribution in [2.75, 3.05) is 23.7 Å². The fraction of sp³-hybridized carbons (Fsp3) is 0.324. The van der Waals surface area contributed by atoms with Gasteiger partial charge in [0.25, 0.3) is 5.91 Å². The number of unbranched alkanes of at least 4 members (excludes halogenated alkanes) is 1. The molecule has 3 N–H and O–H groups in total. The molecule has 0 spiro atoms. The molecule has 0 radical (unpaired) electrons. The number of aromatic nitrogens is 3. The lowest BCUT2D eigenvalue weighted by atomic mass is 9.97. The summed E-state index contributed by atoms with van der Waals surface area (Å²) in [6, 6.07) is 13.7. The second-order valence-electron chi connectivity index (χ2n) is 11.3. The number of aliphatic hydroxyl groups is 1. The van der Waals surface area contributed by atoms with Crippen LogP contribution in [0.5, 0.6) is 0 Å². The number of nitrogens with zero attached hydrogens (tertiary/aromatic N) is 3. The summed E-state index contributed by atoms with van der Waals surface area (Å²) in [6.07, 6.45) is 4.80. The summed E-state index contributed by atoms with van der Waals surface area (Å²) in [7, 11) is 0. The molecule has 6 rings (SSSR count). The number of anilines is 1. The molecule has 1 aliphatic rings. The lowest BCUT2D eigenvalue weighted by Crippen LogP contribution is -2.45. The maximum Gasteiger partial charge on any atom is 0.251 e. The van der Waals surface area contributed by atoms with Gasteiger partial charge in [0.2, 0.25) is 5.89 Å². The second-order valence-corrected chi connectivity index (χ2v) is 12.4. The van der Waals surface area contributed by atoms with Crippen molar-refractivity contribution >= 4 is 34.4 Å². The van der Waals surface area contributed by atoms with Crippen LogP contribution in [0.4, 0.5) is 14.5 Å². The molecule has 45 heavy (non-hydrogen) atoms. The van der Waals surface area contributed by atoms with Crippen LogP contribution in [0.1, 0.15) is 47.9 Å². The van der Waals surface area contributed by atoms with Crippen LogP contribution >= 0.6 is 11.8 Å². The van der Waals surface area contributed by atoms with E-state index in [9.17, 15) is 18.7 Å². The number of aromatic amines is 1. The Morgan fingerprint density at radius 2 is 2.00 bits per heavy atom. The summed E-state index contributed by atoms with van der Waals surface area (Å²) in [5.41, 5.74) is 4.09. The van der Waals surface area contributed by atoms with E-state index in [-0.39, 0.29) is 12.8 Å². The molecular formula is C34H35F2N5O3S. The molecule has 3 aromatic carbocycles. The summed E-state index contributed by atoms with van der Waals surface area (Å²) in [4.78, 5) is 29.4. The number of halogens is 2. The van der Waals surface area contributed by atoms with E-state index in [2.05, 4.69) is 32.1 Å². The number of H-pyrrole nitrogens is 1. The van der Waals surface area contributed by atoms with Crippen LogP contribution in [-0.2, 0) is 12.8 Å². The van der Waals surface area contributed by atoms with E-state index in [1.165, 1.54) is 18.4 Å².